The molecule has 21 heavy (non-hydrogen) atoms. The third kappa shape index (κ3) is 2.95. The van der Waals surface area contributed by atoms with Gasteiger partial charge in [0.25, 0.3) is 5.91 Å². The Balaban J connectivity index is 1.70. The summed E-state index contributed by atoms with van der Waals surface area (Å²) >= 11 is 1.62. The van der Waals surface area contributed by atoms with E-state index in [0.717, 1.165) is 29.9 Å². The summed E-state index contributed by atoms with van der Waals surface area (Å²) in [5.74, 6) is -0.0224. The molecule has 0 bridgehead atoms. The topological polar surface area (TPSA) is 32.3 Å². The lowest BCUT2D eigenvalue weighted by molar-refractivity contribution is 0.102. The lowest BCUT2D eigenvalue weighted by atomic mass is 10.1. The van der Waals surface area contributed by atoms with Gasteiger partial charge in [0.15, 0.2) is 0 Å². The second-order valence-electron chi connectivity index (χ2n) is 5.53. The maximum atomic E-state index is 12.3. The molecule has 3 nitrogen and oxygen atoms in total. The number of rotatable bonds is 3. The van der Waals surface area contributed by atoms with Crippen molar-refractivity contribution in [3.63, 3.8) is 0 Å². The number of anilines is 2. The summed E-state index contributed by atoms with van der Waals surface area (Å²) < 4.78 is 0. The lowest BCUT2D eigenvalue weighted by Gasteiger charge is -2.17. The highest BCUT2D eigenvalue weighted by Gasteiger charge is 2.14. The summed E-state index contributed by atoms with van der Waals surface area (Å²) in [5.41, 5.74) is 3.95. The standard InChI is InChI=1S/C17H20N2OS/c1-12-13(2)21-11-16(12)17(20)18-14-5-7-15(8-6-14)19-9-3-4-10-19/h5-8,11H,3-4,9-10H2,1-2H3,(H,18,20). The number of aryl methyl sites for hydroxylation is 1. The average molecular weight is 300 g/mol. The van der Waals surface area contributed by atoms with Crippen molar-refractivity contribution in [2.24, 2.45) is 0 Å². The number of nitrogens with one attached hydrogen (secondary N) is 1. The van der Waals surface area contributed by atoms with Crippen molar-refractivity contribution in [3.05, 3.63) is 45.6 Å². The van der Waals surface area contributed by atoms with Crippen LogP contribution >= 0.6 is 11.3 Å². The monoisotopic (exact) mass is 300 g/mol. The summed E-state index contributed by atoms with van der Waals surface area (Å²) in [6, 6.07) is 8.15. The van der Waals surface area contributed by atoms with Crippen molar-refractivity contribution < 1.29 is 4.79 Å². The van der Waals surface area contributed by atoms with E-state index < -0.39 is 0 Å². The number of carbonyl (C=O) groups excluding carboxylic acids is 1. The lowest BCUT2D eigenvalue weighted by Crippen LogP contribution is -2.17. The Morgan fingerprint density at radius 1 is 1.14 bits per heavy atom. The Morgan fingerprint density at radius 3 is 2.38 bits per heavy atom. The van der Waals surface area contributed by atoms with Gasteiger partial charge in [-0.25, -0.2) is 0 Å². The zero-order valence-electron chi connectivity index (χ0n) is 12.5. The molecule has 1 aromatic heterocycles. The van der Waals surface area contributed by atoms with Crippen LogP contribution in [0.25, 0.3) is 0 Å². The van der Waals surface area contributed by atoms with Crippen LogP contribution in [-0.4, -0.2) is 19.0 Å². The fraction of sp³-hybridized carbons (Fsp3) is 0.353. The molecule has 0 radical (unpaired) electrons. The summed E-state index contributed by atoms with van der Waals surface area (Å²) in [6.07, 6.45) is 2.55. The molecule has 1 saturated heterocycles. The molecular formula is C17H20N2OS. The third-order valence-corrected chi connectivity index (χ3v) is 5.14. The minimum atomic E-state index is -0.0224. The zero-order valence-corrected chi connectivity index (χ0v) is 13.3. The third-order valence-electron chi connectivity index (χ3n) is 4.13. The first-order valence-corrected chi connectivity index (χ1v) is 8.24. The Morgan fingerprint density at radius 2 is 1.81 bits per heavy atom. The summed E-state index contributed by atoms with van der Waals surface area (Å²) in [7, 11) is 0. The second-order valence-corrected chi connectivity index (χ2v) is 6.61. The maximum absolute atomic E-state index is 12.3. The fourth-order valence-corrected chi connectivity index (χ4v) is 3.53. The van der Waals surface area contributed by atoms with Crippen LogP contribution in [0.15, 0.2) is 29.6 Å². The van der Waals surface area contributed by atoms with Crippen molar-refractivity contribution >= 4 is 28.6 Å². The molecule has 1 amide bonds. The Labute approximate surface area is 129 Å². The van der Waals surface area contributed by atoms with Gasteiger partial charge in [0.1, 0.15) is 0 Å². The van der Waals surface area contributed by atoms with E-state index in [2.05, 4.69) is 22.3 Å². The van der Waals surface area contributed by atoms with Gasteiger partial charge in [0.2, 0.25) is 0 Å². The van der Waals surface area contributed by atoms with E-state index in [-0.39, 0.29) is 5.91 Å². The molecule has 4 heteroatoms. The fourth-order valence-electron chi connectivity index (χ4n) is 2.67. The molecule has 110 valence electrons. The van der Waals surface area contributed by atoms with Crippen molar-refractivity contribution in [3.8, 4) is 0 Å². The first kappa shape index (κ1) is 14.1. The van der Waals surface area contributed by atoms with Crippen LogP contribution in [-0.2, 0) is 0 Å². The van der Waals surface area contributed by atoms with E-state index in [1.165, 1.54) is 23.4 Å². The van der Waals surface area contributed by atoms with E-state index in [1.807, 2.05) is 31.4 Å². The molecular weight excluding hydrogens is 280 g/mol. The number of nitrogens with zero attached hydrogens (tertiary/aromatic N) is 1. The average Bonchev–Trinajstić information content (AvgIpc) is 3.11. The molecule has 0 spiro atoms. The molecule has 1 aliphatic rings. The van der Waals surface area contributed by atoms with Gasteiger partial charge in [-0.2, -0.15) is 0 Å². The van der Waals surface area contributed by atoms with E-state index in [9.17, 15) is 4.79 Å². The molecule has 0 aliphatic carbocycles. The van der Waals surface area contributed by atoms with Crippen molar-refractivity contribution in [2.75, 3.05) is 23.3 Å². The SMILES string of the molecule is Cc1scc(C(=O)Nc2ccc(N3CCCC3)cc2)c1C. The number of carbonyl (C=O) groups is 1. The van der Waals surface area contributed by atoms with Gasteiger partial charge in [-0.15, -0.1) is 11.3 Å². The Hall–Kier alpha value is -1.81. The molecule has 0 saturated carbocycles. The van der Waals surface area contributed by atoms with E-state index in [4.69, 9.17) is 0 Å². The summed E-state index contributed by atoms with van der Waals surface area (Å²) in [4.78, 5) is 15.9. The molecule has 2 aromatic rings. The minimum Gasteiger partial charge on any atom is -0.372 e. The Bertz CT molecular complexity index is 639. The molecule has 0 atom stereocenters. The van der Waals surface area contributed by atoms with Crippen molar-refractivity contribution in [1.29, 1.82) is 0 Å². The molecule has 1 fully saturated rings. The van der Waals surface area contributed by atoms with Gasteiger partial charge < -0.3 is 10.2 Å². The van der Waals surface area contributed by atoms with Crippen LogP contribution < -0.4 is 10.2 Å². The van der Waals surface area contributed by atoms with Crippen LogP contribution in [0.1, 0.15) is 33.6 Å². The number of amides is 1. The smallest absolute Gasteiger partial charge is 0.256 e. The first-order valence-electron chi connectivity index (χ1n) is 7.36. The van der Waals surface area contributed by atoms with E-state index >= 15 is 0 Å². The maximum Gasteiger partial charge on any atom is 0.256 e. The first-order chi connectivity index (χ1) is 10.1. The quantitative estimate of drug-likeness (QED) is 0.920. The number of hydrogen-bond donors (Lipinski definition) is 1. The molecule has 1 N–H and O–H groups in total. The highest BCUT2D eigenvalue weighted by Crippen LogP contribution is 2.24. The van der Waals surface area contributed by atoms with E-state index in [0.29, 0.717) is 0 Å². The zero-order chi connectivity index (χ0) is 14.8. The predicted octanol–water partition coefficient (Wildman–Crippen LogP) is 4.22. The molecule has 1 aromatic carbocycles. The van der Waals surface area contributed by atoms with Crippen LogP contribution in [0.2, 0.25) is 0 Å². The van der Waals surface area contributed by atoms with Gasteiger partial charge in [-0.05, 0) is 56.5 Å². The molecule has 3 rings (SSSR count). The molecule has 0 unspecified atom stereocenters. The normalized spacial score (nSPS) is 14.5. The molecule has 2 heterocycles. The van der Waals surface area contributed by atoms with Gasteiger partial charge in [-0.1, -0.05) is 0 Å². The Kier molecular flexibility index (Phi) is 3.97. The van der Waals surface area contributed by atoms with Gasteiger partial charge >= 0.3 is 0 Å². The van der Waals surface area contributed by atoms with E-state index in [1.54, 1.807) is 11.3 Å². The van der Waals surface area contributed by atoms with Crippen molar-refractivity contribution in [1.82, 2.24) is 0 Å². The largest absolute Gasteiger partial charge is 0.372 e. The highest BCUT2D eigenvalue weighted by atomic mass is 32.1. The van der Waals surface area contributed by atoms with Gasteiger partial charge in [-0.3, -0.25) is 4.79 Å². The summed E-state index contributed by atoms with van der Waals surface area (Å²) in [6.45, 7) is 6.32. The predicted molar refractivity (Wildman–Crippen MR) is 89.6 cm³/mol. The number of hydrogen-bond acceptors (Lipinski definition) is 3. The van der Waals surface area contributed by atoms with Gasteiger partial charge in [0.05, 0.1) is 5.56 Å². The molecule has 1 aliphatic heterocycles. The van der Waals surface area contributed by atoms with Crippen molar-refractivity contribution in [2.45, 2.75) is 26.7 Å². The van der Waals surface area contributed by atoms with Gasteiger partial charge in [0, 0.05) is 34.7 Å². The van der Waals surface area contributed by atoms with Crippen LogP contribution in [0.5, 0.6) is 0 Å². The van der Waals surface area contributed by atoms with Crippen LogP contribution in [0, 0.1) is 13.8 Å². The van der Waals surface area contributed by atoms with Crippen LogP contribution in [0.3, 0.4) is 0 Å². The number of thiophene rings is 1. The number of benzene rings is 1. The van der Waals surface area contributed by atoms with Crippen LogP contribution in [0.4, 0.5) is 11.4 Å². The minimum absolute atomic E-state index is 0.0224. The summed E-state index contributed by atoms with van der Waals surface area (Å²) in [5, 5.41) is 4.91. The highest BCUT2D eigenvalue weighted by molar-refractivity contribution is 7.10. The second kappa shape index (κ2) is 5.90.